The molecule has 0 bridgehead atoms. The zero-order chi connectivity index (χ0) is 13.1. The van der Waals surface area contributed by atoms with E-state index in [1.807, 2.05) is 0 Å². The summed E-state index contributed by atoms with van der Waals surface area (Å²) in [5.41, 5.74) is 0.949. The van der Waals surface area contributed by atoms with E-state index in [1.54, 1.807) is 0 Å². The molecule has 2 rings (SSSR count). The fourth-order valence-electron chi connectivity index (χ4n) is 3.72. The first-order valence-electron chi connectivity index (χ1n) is 7.50. The molecule has 0 amide bonds. The first-order valence-corrected chi connectivity index (χ1v) is 7.50. The molecule has 18 heavy (non-hydrogen) atoms. The number of hydrogen-bond acceptors (Lipinski definition) is 3. The van der Waals surface area contributed by atoms with E-state index in [0.29, 0.717) is 10.8 Å². The van der Waals surface area contributed by atoms with Gasteiger partial charge in [0.2, 0.25) is 0 Å². The summed E-state index contributed by atoms with van der Waals surface area (Å²) in [6, 6.07) is 0. The van der Waals surface area contributed by atoms with Gasteiger partial charge in [0.15, 0.2) is 0 Å². The van der Waals surface area contributed by atoms with Gasteiger partial charge < -0.3 is 15.0 Å². The van der Waals surface area contributed by atoms with E-state index in [-0.39, 0.29) is 0 Å². The monoisotopic (exact) mass is 254 g/mol. The maximum Gasteiger partial charge on any atom is 0.0472 e. The third-order valence-corrected chi connectivity index (χ3v) is 4.64. The summed E-state index contributed by atoms with van der Waals surface area (Å²) in [5.74, 6) is 0. The molecule has 2 heterocycles. The summed E-state index contributed by atoms with van der Waals surface area (Å²) in [5, 5.41) is 3.41. The van der Waals surface area contributed by atoms with Crippen molar-refractivity contribution in [3.8, 4) is 0 Å². The molecule has 0 saturated carbocycles. The van der Waals surface area contributed by atoms with E-state index in [0.717, 1.165) is 19.8 Å². The number of nitrogens with zero attached hydrogens (tertiary/aromatic N) is 1. The van der Waals surface area contributed by atoms with Gasteiger partial charge in [0, 0.05) is 32.8 Å². The molecule has 0 aliphatic carbocycles. The predicted octanol–water partition coefficient (Wildman–Crippen LogP) is 2.12. The molecular weight excluding hydrogens is 224 g/mol. The van der Waals surface area contributed by atoms with E-state index in [2.05, 4.69) is 31.1 Å². The number of ether oxygens (including phenoxy) is 1. The minimum atomic E-state index is 0.445. The molecule has 0 aromatic heterocycles. The Morgan fingerprint density at radius 1 is 1.17 bits per heavy atom. The Labute approximate surface area is 112 Å². The van der Waals surface area contributed by atoms with Gasteiger partial charge >= 0.3 is 0 Å². The minimum absolute atomic E-state index is 0.445. The highest BCUT2D eigenvalue weighted by Gasteiger charge is 2.36. The van der Waals surface area contributed by atoms with Gasteiger partial charge in [-0.2, -0.15) is 0 Å². The molecule has 106 valence electrons. The van der Waals surface area contributed by atoms with Crippen LogP contribution in [0.3, 0.4) is 0 Å². The zero-order valence-corrected chi connectivity index (χ0v) is 12.4. The molecule has 3 heteroatoms. The van der Waals surface area contributed by atoms with Crippen LogP contribution in [0.2, 0.25) is 0 Å². The number of likely N-dealkylation sites (tertiary alicyclic amines) is 1. The minimum Gasteiger partial charge on any atom is -0.381 e. The molecule has 0 aromatic carbocycles. The van der Waals surface area contributed by atoms with Gasteiger partial charge in [0.05, 0.1) is 0 Å². The summed E-state index contributed by atoms with van der Waals surface area (Å²) in [7, 11) is 2.08. The lowest BCUT2D eigenvalue weighted by molar-refractivity contribution is -0.0162. The highest BCUT2D eigenvalue weighted by atomic mass is 16.5. The van der Waals surface area contributed by atoms with Crippen LogP contribution in [0.15, 0.2) is 0 Å². The van der Waals surface area contributed by atoms with Crippen molar-refractivity contribution in [1.82, 2.24) is 10.2 Å². The van der Waals surface area contributed by atoms with Gasteiger partial charge in [-0.15, -0.1) is 0 Å². The van der Waals surface area contributed by atoms with Crippen molar-refractivity contribution in [2.45, 2.75) is 39.5 Å². The maximum absolute atomic E-state index is 5.55. The molecule has 0 unspecified atom stereocenters. The van der Waals surface area contributed by atoms with Crippen LogP contribution in [0.25, 0.3) is 0 Å². The third kappa shape index (κ3) is 3.69. The lowest BCUT2D eigenvalue weighted by atomic mass is 9.77. The second-order valence-corrected chi connectivity index (χ2v) is 7.12. The molecule has 3 nitrogen and oxygen atoms in total. The summed E-state index contributed by atoms with van der Waals surface area (Å²) in [6.45, 7) is 11.6. The van der Waals surface area contributed by atoms with Crippen LogP contribution in [0.5, 0.6) is 0 Å². The van der Waals surface area contributed by atoms with Crippen molar-refractivity contribution in [3.63, 3.8) is 0 Å². The fourth-order valence-corrected chi connectivity index (χ4v) is 3.72. The Hall–Kier alpha value is -0.120. The molecule has 0 atom stereocenters. The second kappa shape index (κ2) is 5.89. The Kier molecular flexibility index (Phi) is 4.68. The maximum atomic E-state index is 5.55. The second-order valence-electron chi connectivity index (χ2n) is 7.12. The van der Waals surface area contributed by atoms with Crippen molar-refractivity contribution in [3.05, 3.63) is 0 Å². The average molecular weight is 254 g/mol. The van der Waals surface area contributed by atoms with Crippen molar-refractivity contribution >= 4 is 0 Å². The van der Waals surface area contributed by atoms with Crippen LogP contribution in [-0.2, 0) is 4.74 Å². The zero-order valence-electron chi connectivity index (χ0n) is 12.4. The summed E-state index contributed by atoms with van der Waals surface area (Å²) >= 11 is 0. The van der Waals surface area contributed by atoms with Gasteiger partial charge in [-0.25, -0.2) is 0 Å². The van der Waals surface area contributed by atoms with Crippen LogP contribution in [0.4, 0.5) is 0 Å². The van der Waals surface area contributed by atoms with Gasteiger partial charge in [0.25, 0.3) is 0 Å². The van der Waals surface area contributed by atoms with E-state index in [9.17, 15) is 0 Å². The van der Waals surface area contributed by atoms with Gasteiger partial charge in [-0.05, 0) is 50.1 Å². The van der Waals surface area contributed by atoms with Gasteiger partial charge in [-0.1, -0.05) is 13.8 Å². The van der Waals surface area contributed by atoms with Crippen LogP contribution in [0.1, 0.15) is 39.5 Å². The molecular formula is C15H30N2O. The number of hydrogen-bond donors (Lipinski definition) is 1. The highest BCUT2D eigenvalue weighted by molar-refractivity contribution is 4.89. The molecule has 0 radical (unpaired) electrons. The summed E-state index contributed by atoms with van der Waals surface area (Å²) in [4.78, 5) is 2.70. The third-order valence-electron chi connectivity index (χ3n) is 4.64. The quantitative estimate of drug-likeness (QED) is 0.832. The SMILES string of the molecule is CNCC1(CN2CCCC(C)(C)C2)CCOCC1. The largest absolute Gasteiger partial charge is 0.381 e. The Morgan fingerprint density at radius 2 is 1.89 bits per heavy atom. The van der Waals surface area contributed by atoms with Crippen LogP contribution >= 0.6 is 0 Å². The predicted molar refractivity (Wildman–Crippen MR) is 75.9 cm³/mol. The average Bonchev–Trinajstić information content (AvgIpc) is 2.29. The van der Waals surface area contributed by atoms with Gasteiger partial charge in [-0.3, -0.25) is 0 Å². The van der Waals surface area contributed by atoms with Crippen molar-refractivity contribution in [2.24, 2.45) is 10.8 Å². The molecule has 1 N–H and O–H groups in total. The van der Waals surface area contributed by atoms with Crippen molar-refractivity contribution < 1.29 is 4.74 Å². The normalized spacial score (nSPS) is 28.2. The number of piperidine rings is 1. The van der Waals surface area contributed by atoms with E-state index in [1.165, 1.54) is 45.3 Å². The Bertz CT molecular complexity index is 254. The Balaban J connectivity index is 1.95. The van der Waals surface area contributed by atoms with E-state index < -0.39 is 0 Å². The van der Waals surface area contributed by atoms with Crippen molar-refractivity contribution in [2.75, 3.05) is 46.4 Å². The lowest BCUT2D eigenvalue weighted by Crippen LogP contribution is -2.50. The van der Waals surface area contributed by atoms with Gasteiger partial charge in [0.1, 0.15) is 0 Å². The van der Waals surface area contributed by atoms with Crippen LogP contribution in [0, 0.1) is 10.8 Å². The topological polar surface area (TPSA) is 24.5 Å². The standard InChI is InChI=1S/C15H30N2O/c1-14(2)5-4-8-17(12-14)13-15(11-16-3)6-9-18-10-7-15/h16H,4-13H2,1-3H3. The molecule has 0 aromatic rings. The fraction of sp³-hybridized carbons (Fsp3) is 1.00. The first-order chi connectivity index (χ1) is 8.55. The smallest absolute Gasteiger partial charge is 0.0472 e. The van der Waals surface area contributed by atoms with Crippen LogP contribution < -0.4 is 5.32 Å². The molecule has 2 aliphatic heterocycles. The van der Waals surface area contributed by atoms with Crippen LogP contribution in [-0.4, -0.2) is 51.3 Å². The highest BCUT2D eigenvalue weighted by Crippen LogP contribution is 2.35. The summed E-state index contributed by atoms with van der Waals surface area (Å²) < 4.78 is 5.55. The molecule has 2 fully saturated rings. The van der Waals surface area contributed by atoms with Crippen molar-refractivity contribution in [1.29, 1.82) is 0 Å². The molecule has 0 spiro atoms. The molecule has 2 aliphatic rings. The first kappa shape index (κ1) is 14.3. The number of rotatable bonds is 4. The van der Waals surface area contributed by atoms with E-state index >= 15 is 0 Å². The number of nitrogens with one attached hydrogen (secondary N) is 1. The summed E-state index contributed by atoms with van der Waals surface area (Å²) in [6.07, 6.45) is 5.17. The lowest BCUT2D eigenvalue weighted by Gasteiger charge is -2.45. The molecule has 2 saturated heterocycles. The Morgan fingerprint density at radius 3 is 2.50 bits per heavy atom. The van der Waals surface area contributed by atoms with E-state index in [4.69, 9.17) is 4.74 Å².